The molecule has 19 heavy (non-hydrogen) atoms. The van der Waals surface area contributed by atoms with Gasteiger partial charge in [-0.05, 0) is 39.3 Å². The van der Waals surface area contributed by atoms with E-state index in [9.17, 15) is 4.79 Å². The Morgan fingerprint density at radius 1 is 1.32 bits per heavy atom. The zero-order valence-corrected chi connectivity index (χ0v) is 12.4. The van der Waals surface area contributed by atoms with Gasteiger partial charge in [0.15, 0.2) is 0 Å². The molecule has 1 aliphatic heterocycles. The average Bonchev–Trinajstić information content (AvgIpc) is 2.52. The first-order valence-corrected chi connectivity index (χ1v) is 6.76. The lowest BCUT2D eigenvalue weighted by molar-refractivity contribution is -0.124. The van der Waals surface area contributed by atoms with Gasteiger partial charge >= 0.3 is 0 Å². The average molecular weight is 261 g/mol. The van der Waals surface area contributed by atoms with Crippen molar-refractivity contribution >= 4 is 17.5 Å². The first-order chi connectivity index (χ1) is 8.69. The van der Waals surface area contributed by atoms with Gasteiger partial charge in [0.1, 0.15) is 11.6 Å². The van der Waals surface area contributed by atoms with E-state index >= 15 is 0 Å². The van der Waals surface area contributed by atoms with Gasteiger partial charge in [0, 0.05) is 17.5 Å². The maximum atomic E-state index is 12.3. The minimum Gasteiger partial charge on any atom is -0.365 e. The summed E-state index contributed by atoms with van der Waals surface area (Å²) >= 11 is 0. The van der Waals surface area contributed by atoms with Crippen molar-refractivity contribution in [2.45, 2.75) is 46.6 Å². The molecule has 2 rings (SSSR count). The van der Waals surface area contributed by atoms with E-state index in [0.717, 1.165) is 24.6 Å². The maximum Gasteiger partial charge on any atom is 0.233 e. The summed E-state index contributed by atoms with van der Waals surface area (Å²) in [5, 5.41) is 3.33. The Hall–Kier alpha value is -1.58. The van der Waals surface area contributed by atoms with Crippen molar-refractivity contribution in [2.75, 3.05) is 16.8 Å². The Morgan fingerprint density at radius 3 is 2.53 bits per heavy atom. The third-order valence-electron chi connectivity index (χ3n) is 3.30. The molecule has 1 aromatic rings. The molecule has 0 saturated carbocycles. The molecule has 1 N–H and O–H groups in total. The predicted octanol–water partition coefficient (Wildman–Crippen LogP) is 3.05. The minimum atomic E-state index is -0.269. The predicted molar refractivity (Wildman–Crippen MR) is 78.4 cm³/mol. The second kappa shape index (κ2) is 4.51. The van der Waals surface area contributed by atoms with Crippen molar-refractivity contribution in [3.8, 4) is 0 Å². The molecule has 0 aromatic carbocycles. The number of anilines is 2. The molecule has 0 spiro atoms. The van der Waals surface area contributed by atoms with Crippen molar-refractivity contribution < 1.29 is 4.79 Å². The summed E-state index contributed by atoms with van der Waals surface area (Å²) < 4.78 is 0. The molecule has 1 fully saturated rings. The Balaban J connectivity index is 2.23. The molecule has 0 radical (unpaired) electrons. The Kier molecular flexibility index (Phi) is 3.29. The Bertz CT molecular complexity index is 488. The zero-order valence-electron chi connectivity index (χ0n) is 12.4. The lowest BCUT2D eigenvalue weighted by atomic mass is 9.92. The van der Waals surface area contributed by atoms with E-state index in [0.29, 0.717) is 0 Å². The van der Waals surface area contributed by atoms with Crippen LogP contribution in [0.15, 0.2) is 18.2 Å². The highest BCUT2D eigenvalue weighted by Gasteiger charge is 2.39. The molecular weight excluding hydrogens is 238 g/mol. The van der Waals surface area contributed by atoms with E-state index in [2.05, 4.69) is 31.1 Å². The number of nitrogens with one attached hydrogen (secondary N) is 1. The van der Waals surface area contributed by atoms with Gasteiger partial charge in [0.25, 0.3) is 0 Å². The highest BCUT2D eigenvalue weighted by atomic mass is 16.2. The molecule has 0 aliphatic carbocycles. The number of nitrogens with zero attached hydrogens (tertiary/aromatic N) is 2. The molecule has 1 aromatic heterocycles. The van der Waals surface area contributed by atoms with Crippen LogP contribution in [0.2, 0.25) is 0 Å². The van der Waals surface area contributed by atoms with Crippen molar-refractivity contribution in [2.24, 2.45) is 5.41 Å². The van der Waals surface area contributed by atoms with E-state index in [1.54, 1.807) is 4.90 Å². The van der Waals surface area contributed by atoms with Gasteiger partial charge in [-0.3, -0.25) is 9.69 Å². The van der Waals surface area contributed by atoms with Crippen molar-refractivity contribution in [3.05, 3.63) is 18.2 Å². The number of hydrogen-bond acceptors (Lipinski definition) is 3. The van der Waals surface area contributed by atoms with Crippen LogP contribution < -0.4 is 10.2 Å². The number of carbonyl (C=O) groups excluding carboxylic acids is 1. The third kappa shape index (κ3) is 3.06. The van der Waals surface area contributed by atoms with Gasteiger partial charge in [0.2, 0.25) is 5.91 Å². The van der Waals surface area contributed by atoms with Crippen LogP contribution in [0.5, 0.6) is 0 Å². The maximum absolute atomic E-state index is 12.3. The van der Waals surface area contributed by atoms with Crippen LogP contribution in [0.1, 0.15) is 41.0 Å². The van der Waals surface area contributed by atoms with Gasteiger partial charge in [0.05, 0.1) is 0 Å². The summed E-state index contributed by atoms with van der Waals surface area (Å²) in [6.45, 7) is 11.0. The van der Waals surface area contributed by atoms with E-state index in [4.69, 9.17) is 0 Å². The molecule has 1 amide bonds. The third-order valence-corrected chi connectivity index (χ3v) is 3.30. The minimum absolute atomic E-state index is 0.0418. The summed E-state index contributed by atoms with van der Waals surface area (Å²) in [5.74, 6) is 1.71. The number of aromatic nitrogens is 1. The smallest absolute Gasteiger partial charge is 0.233 e. The normalized spacial score (nSPS) is 18.8. The molecule has 0 bridgehead atoms. The summed E-state index contributed by atoms with van der Waals surface area (Å²) in [4.78, 5) is 18.6. The fraction of sp³-hybridized carbons (Fsp3) is 0.600. The molecule has 2 heterocycles. The highest BCUT2D eigenvalue weighted by molar-refractivity contribution is 5.98. The van der Waals surface area contributed by atoms with Gasteiger partial charge in [-0.1, -0.05) is 19.9 Å². The Labute approximate surface area is 115 Å². The number of rotatable bonds is 2. The fourth-order valence-corrected chi connectivity index (χ4v) is 2.21. The van der Waals surface area contributed by atoms with Crippen LogP contribution in [0, 0.1) is 5.41 Å². The summed E-state index contributed by atoms with van der Waals surface area (Å²) in [5.41, 5.74) is -0.310. The molecule has 0 unspecified atom stereocenters. The second-order valence-corrected chi connectivity index (χ2v) is 6.85. The zero-order chi connectivity index (χ0) is 14.3. The molecular formula is C15H23N3O. The Morgan fingerprint density at radius 2 is 2.00 bits per heavy atom. The van der Waals surface area contributed by atoms with Crippen LogP contribution in [0.4, 0.5) is 11.6 Å². The second-order valence-electron chi connectivity index (χ2n) is 6.85. The van der Waals surface area contributed by atoms with Crippen molar-refractivity contribution in [3.63, 3.8) is 0 Å². The number of amides is 1. The highest BCUT2D eigenvalue weighted by Crippen LogP contribution is 2.33. The number of pyridine rings is 1. The van der Waals surface area contributed by atoms with E-state index in [1.807, 2.05) is 32.0 Å². The first-order valence-electron chi connectivity index (χ1n) is 6.76. The van der Waals surface area contributed by atoms with Crippen LogP contribution in [0.25, 0.3) is 0 Å². The number of hydrogen-bond donors (Lipinski definition) is 1. The van der Waals surface area contributed by atoms with E-state index < -0.39 is 0 Å². The summed E-state index contributed by atoms with van der Waals surface area (Å²) in [6, 6.07) is 5.77. The van der Waals surface area contributed by atoms with E-state index in [-0.39, 0.29) is 16.9 Å². The summed E-state index contributed by atoms with van der Waals surface area (Å²) in [6.07, 6.45) is 0.879. The van der Waals surface area contributed by atoms with Gasteiger partial charge in [-0.2, -0.15) is 0 Å². The molecule has 1 aliphatic rings. The molecule has 104 valence electrons. The van der Waals surface area contributed by atoms with Crippen LogP contribution in [-0.4, -0.2) is 23.0 Å². The molecule has 0 atom stereocenters. The van der Waals surface area contributed by atoms with Crippen molar-refractivity contribution in [1.29, 1.82) is 0 Å². The monoisotopic (exact) mass is 261 g/mol. The molecule has 4 nitrogen and oxygen atoms in total. The van der Waals surface area contributed by atoms with Gasteiger partial charge in [-0.15, -0.1) is 0 Å². The summed E-state index contributed by atoms with van der Waals surface area (Å²) in [7, 11) is 0. The van der Waals surface area contributed by atoms with Crippen LogP contribution in [-0.2, 0) is 4.79 Å². The van der Waals surface area contributed by atoms with Crippen LogP contribution >= 0.6 is 0 Å². The largest absolute Gasteiger partial charge is 0.365 e. The standard InChI is InChI=1S/C15H23N3O/c1-14(2,3)17-11-7-6-8-12(16-11)18-10-9-15(4,5)13(18)19/h6-8H,9-10H2,1-5H3,(H,16,17). The van der Waals surface area contributed by atoms with Crippen molar-refractivity contribution in [1.82, 2.24) is 4.98 Å². The topological polar surface area (TPSA) is 45.2 Å². The van der Waals surface area contributed by atoms with Gasteiger partial charge < -0.3 is 5.32 Å². The van der Waals surface area contributed by atoms with E-state index in [1.165, 1.54) is 0 Å². The lowest BCUT2D eigenvalue weighted by Crippen LogP contribution is -2.32. The molecule has 1 saturated heterocycles. The lowest BCUT2D eigenvalue weighted by Gasteiger charge is -2.23. The SMILES string of the molecule is CC(C)(C)Nc1cccc(N2CCC(C)(C)C2=O)n1. The number of carbonyl (C=O) groups is 1. The fourth-order valence-electron chi connectivity index (χ4n) is 2.21. The van der Waals surface area contributed by atoms with Gasteiger partial charge in [-0.25, -0.2) is 4.98 Å². The van der Waals surface area contributed by atoms with Crippen LogP contribution in [0.3, 0.4) is 0 Å². The quantitative estimate of drug-likeness (QED) is 0.890. The molecule has 4 heteroatoms. The first kappa shape index (κ1) is 13.8.